The molecule has 0 aliphatic rings. The Bertz CT molecular complexity index is 1360. The van der Waals surface area contributed by atoms with Crippen molar-refractivity contribution >= 4 is 22.1 Å². The van der Waals surface area contributed by atoms with Crippen molar-refractivity contribution in [1.29, 1.82) is 0 Å². The van der Waals surface area contributed by atoms with Crippen molar-refractivity contribution in [3.8, 4) is 23.0 Å². The summed E-state index contributed by atoms with van der Waals surface area (Å²) >= 11 is 0. The van der Waals surface area contributed by atoms with E-state index in [0.717, 1.165) is 9.87 Å². The minimum absolute atomic E-state index is 0.0255. The number of hydrazone groups is 1. The van der Waals surface area contributed by atoms with Gasteiger partial charge < -0.3 is 18.9 Å². The third-order valence-corrected chi connectivity index (χ3v) is 7.48. The number of carbonyl (C=O) groups excluding carboxylic acids is 1. The number of benzene rings is 3. The standard InChI is InChI=1S/C27H31N3O7S/c1-34-22-11-10-21(25(16-22)36-3)18-28-29-27(31)19-30(15-14-20-8-6-5-7-9-20)38(32,33)23-12-13-24(35-2)26(17-23)37-4/h5-13,16-18H,14-15,19H2,1-4H3,(H,29,31)/b28-18-. The van der Waals surface area contributed by atoms with E-state index in [4.69, 9.17) is 18.9 Å². The quantitative estimate of drug-likeness (QED) is 0.261. The Balaban J connectivity index is 1.80. The van der Waals surface area contributed by atoms with Gasteiger partial charge in [0.25, 0.3) is 5.91 Å². The number of methoxy groups -OCH3 is 4. The van der Waals surface area contributed by atoms with E-state index in [0.29, 0.717) is 29.2 Å². The van der Waals surface area contributed by atoms with Gasteiger partial charge in [-0.25, -0.2) is 13.8 Å². The Hall–Kier alpha value is -4.09. The second-order valence-corrected chi connectivity index (χ2v) is 9.93. The fourth-order valence-corrected chi connectivity index (χ4v) is 5.02. The normalized spacial score (nSPS) is 11.4. The van der Waals surface area contributed by atoms with E-state index < -0.39 is 22.5 Å². The SMILES string of the molecule is COc1ccc(/C=N\NC(=O)CN(CCc2ccccc2)S(=O)(=O)c2ccc(OC)c(OC)c2)c(OC)c1. The van der Waals surface area contributed by atoms with Crippen molar-refractivity contribution in [2.24, 2.45) is 5.10 Å². The summed E-state index contributed by atoms with van der Waals surface area (Å²) in [6, 6.07) is 18.8. The molecule has 0 saturated heterocycles. The molecule has 3 aromatic carbocycles. The Labute approximate surface area is 222 Å². The summed E-state index contributed by atoms with van der Waals surface area (Å²) < 4.78 is 49.2. The van der Waals surface area contributed by atoms with Gasteiger partial charge in [-0.05, 0) is 36.2 Å². The number of hydrogen-bond acceptors (Lipinski definition) is 8. The van der Waals surface area contributed by atoms with Gasteiger partial charge in [-0.1, -0.05) is 30.3 Å². The van der Waals surface area contributed by atoms with Crippen molar-refractivity contribution < 1.29 is 32.2 Å². The molecule has 3 aromatic rings. The van der Waals surface area contributed by atoms with Crippen molar-refractivity contribution in [2.45, 2.75) is 11.3 Å². The van der Waals surface area contributed by atoms with Crippen LogP contribution in [0.15, 0.2) is 76.7 Å². The maximum Gasteiger partial charge on any atom is 0.255 e. The first-order valence-electron chi connectivity index (χ1n) is 11.6. The zero-order chi connectivity index (χ0) is 27.5. The van der Waals surface area contributed by atoms with Crippen LogP contribution in [0.25, 0.3) is 0 Å². The van der Waals surface area contributed by atoms with Crippen LogP contribution in [-0.4, -0.2) is 66.4 Å². The second-order valence-electron chi connectivity index (χ2n) is 7.99. The molecular weight excluding hydrogens is 510 g/mol. The topological polar surface area (TPSA) is 116 Å². The molecule has 0 fully saturated rings. The number of rotatable bonds is 13. The molecule has 0 aromatic heterocycles. The average Bonchev–Trinajstić information content (AvgIpc) is 2.95. The number of hydrogen-bond donors (Lipinski definition) is 1. The number of amides is 1. The first-order valence-corrected chi connectivity index (χ1v) is 13.1. The lowest BCUT2D eigenvalue weighted by atomic mass is 10.1. The fourth-order valence-electron chi connectivity index (χ4n) is 3.60. The highest BCUT2D eigenvalue weighted by Crippen LogP contribution is 2.30. The van der Waals surface area contributed by atoms with E-state index in [-0.39, 0.29) is 17.2 Å². The molecule has 0 atom stereocenters. The molecule has 0 bridgehead atoms. The second kappa shape index (κ2) is 13.5. The highest BCUT2D eigenvalue weighted by molar-refractivity contribution is 7.89. The number of nitrogens with zero attached hydrogens (tertiary/aromatic N) is 2. The van der Waals surface area contributed by atoms with Crippen LogP contribution in [-0.2, 0) is 21.2 Å². The molecule has 1 amide bonds. The molecule has 10 nitrogen and oxygen atoms in total. The van der Waals surface area contributed by atoms with Crippen LogP contribution in [0.4, 0.5) is 0 Å². The summed E-state index contributed by atoms with van der Waals surface area (Å²) in [5.74, 6) is 1.16. The Kier molecular flexibility index (Phi) is 10.1. The lowest BCUT2D eigenvalue weighted by Gasteiger charge is -2.22. The zero-order valence-electron chi connectivity index (χ0n) is 21.7. The van der Waals surface area contributed by atoms with Crippen LogP contribution < -0.4 is 24.4 Å². The molecule has 3 rings (SSSR count). The molecule has 202 valence electrons. The van der Waals surface area contributed by atoms with E-state index in [1.165, 1.54) is 45.7 Å². The summed E-state index contributed by atoms with van der Waals surface area (Å²) in [5, 5.41) is 3.98. The van der Waals surface area contributed by atoms with Crippen molar-refractivity contribution in [1.82, 2.24) is 9.73 Å². The maximum atomic E-state index is 13.6. The third-order valence-electron chi connectivity index (χ3n) is 5.64. The van der Waals surface area contributed by atoms with Gasteiger partial charge in [-0.2, -0.15) is 9.41 Å². The molecule has 0 aliphatic heterocycles. The third kappa shape index (κ3) is 7.24. The molecule has 11 heteroatoms. The predicted molar refractivity (Wildman–Crippen MR) is 144 cm³/mol. The molecule has 0 saturated carbocycles. The largest absolute Gasteiger partial charge is 0.497 e. The molecule has 0 radical (unpaired) electrons. The van der Waals surface area contributed by atoms with Crippen LogP contribution >= 0.6 is 0 Å². The number of sulfonamides is 1. The Morgan fingerprint density at radius 1 is 0.868 bits per heavy atom. The molecule has 38 heavy (non-hydrogen) atoms. The van der Waals surface area contributed by atoms with Gasteiger partial charge in [-0.3, -0.25) is 4.79 Å². The minimum atomic E-state index is -4.07. The smallest absolute Gasteiger partial charge is 0.255 e. The van der Waals surface area contributed by atoms with E-state index >= 15 is 0 Å². The monoisotopic (exact) mass is 541 g/mol. The number of ether oxygens (including phenoxy) is 4. The molecule has 0 aliphatic carbocycles. The summed E-state index contributed by atoms with van der Waals surface area (Å²) in [7, 11) is 1.87. The zero-order valence-corrected chi connectivity index (χ0v) is 22.5. The van der Waals surface area contributed by atoms with Gasteiger partial charge in [0.1, 0.15) is 11.5 Å². The van der Waals surface area contributed by atoms with Crippen LogP contribution in [0.2, 0.25) is 0 Å². The van der Waals surface area contributed by atoms with Gasteiger partial charge in [-0.15, -0.1) is 0 Å². The lowest BCUT2D eigenvalue weighted by Crippen LogP contribution is -2.40. The van der Waals surface area contributed by atoms with Crippen molar-refractivity contribution in [3.63, 3.8) is 0 Å². The summed E-state index contributed by atoms with van der Waals surface area (Å²) in [4.78, 5) is 12.8. The van der Waals surface area contributed by atoms with Gasteiger partial charge in [0.05, 0.1) is 46.1 Å². The van der Waals surface area contributed by atoms with Crippen LogP contribution in [0.1, 0.15) is 11.1 Å². The van der Waals surface area contributed by atoms with Crippen molar-refractivity contribution in [3.05, 3.63) is 77.9 Å². The number of carbonyl (C=O) groups is 1. The highest BCUT2D eigenvalue weighted by Gasteiger charge is 2.27. The molecular formula is C27H31N3O7S. The molecule has 0 heterocycles. The highest BCUT2D eigenvalue weighted by atomic mass is 32.2. The molecule has 0 spiro atoms. The summed E-state index contributed by atoms with van der Waals surface area (Å²) in [5.41, 5.74) is 3.94. The van der Waals surface area contributed by atoms with Crippen LogP contribution in [0, 0.1) is 0 Å². The maximum absolute atomic E-state index is 13.6. The number of nitrogens with one attached hydrogen (secondary N) is 1. The van der Waals surface area contributed by atoms with Crippen LogP contribution in [0.5, 0.6) is 23.0 Å². The van der Waals surface area contributed by atoms with Gasteiger partial charge >= 0.3 is 0 Å². The van der Waals surface area contributed by atoms with Gasteiger partial charge in [0.2, 0.25) is 10.0 Å². The Morgan fingerprint density at radius 3 is 2.24 bits per heavy atom. The summed E-state index contributed by atoms with van der Waals surface area (Å²) in [6.45, 7) is -0.370. The first kappa shape index (κ1) is 28.5. The van der Waals surface area contributed by atoms with E-state index in [2.05, 4.69) is 10.5 Å². The van der Waals surface area contributed by atoms with Crippen LogP contribution in [0.3, 0.4) is 0 Å². The molecule has 1 N–H and O–H groups in total. The average molecular weight is 542 g/mol. The van der Waals surface area contributed by atoms with E-state index in [9.17, 15) is 13.2 Å². The lowest BCUT2D eigenvalue weighted by molar-refractivity contribution is -0.121. The predicted octanol–water partition coefficient (Wildman–Crippen LogP) is 3.10. The van der Waals surface area contributed by atoms with E-state index in [1.54, 1.807) is 25.3 Å². The first-order chi connectivity index (χ1) is 18.3. The van der Waals surface area contributed by atoms with Gasteiger partial charge in [0, 0.05) is 24.2 Å². The fraction of sp³-hybridized carbons (Fsp3) is 0.259. The minimum Gasteiger partial charge on any atom is -0.497 e. The van der Waals surface area contributed by atoms with Crippen molar-refractivity contribution in [2.75, 3.05) is 41.5 Å². The Morgan fingerprint density at radius 2 is 1.58 bits per heavy atom. The van der Waals surface area contributed by atoms with Gasteiger partial charge in [0.15, 0.2) is 11.5 Å². The van der Waals surface area contributed by atoms with E-state index in [1.807, 2.05) is 30.3 Å². The molecule has 0 unspecified atom stereocenters. The summed E-state index contributed by atoms with van der Waals surface area (Å²) in [6.07, 6.45) is 1.82.